The summed E-state index contributed by atoms with van der Waals surface area (Å²) >= 11 is 1.33. The van der Waals surface area contributed by atoms with E-state index < -0.39 is 0 Å². The molecule has 0 spiro atoms. The van der Waals surface area contributed by atoms with Gasteiger partial charge in [-0.2, -0.15) is 0 Å². The van der Waals surface area contributed by atoms with Crippen LogP contribution in [-0.4, -0.2) is 25.9 Å². The summed E-state index contributed by atoms with van der Waals surface area (Å²) in [6.07, 6.45) is 1.62. The number of fused-ring (bicyclic) bond motifs is 1. The Balaban J connectivity index is 1.29. The van der Waals surface area contributed by atoms with Crippen molar-refractivity contribution >= 4 is 33.3 Å². The fourth-order valence-electron chi connectivity index (χ4n) is 2.96. The lowest BCUT2D eigenvalue weighted by atomic mass is 10.2. The molecule has 142 valence electrons. The lowest BCUT2D eigenvalue weighted by Gasteiger charge is -1.99. The summed E-state index contributed by atoms with van der Waals surface area (Å²) in [6, 6.07) is 19.6. The van der Waals surface area contributed by atoms with Gasteiger partial charge < -0.3 is 4.42 Å². The predicted molar refractivity (Wildman–Crippen MR) is 111 cm³/mol. The average Bonchev–Trinajstić information content (AvgIpc) is 3.48. The zero-order valence-electron chi connectivity index (χ0n) is 15.1. The molecule has 8 heteroatoms. The summed E-state index contributed by atoms with van der Waals surface area (Å²) in [6.45, 7) is 0.550. The predicted octanol–water partition coefficient (Wildman–Crippen LogP) is 4.45. The molecule has 0 bridgehead atoms. The molecule has 0 saturated carbocycles. The number of rotatable bonds is 5. The fourth-order valence-corrected chi connectivity index (χ4v) is 3.66. The second-order valence-electron chi connectivity index (χ2n) is 6.43. The van der Waals surface area contributed by atoms with Gasteiger partial charge in [0, 0.05) is 10.8 Å². The van der Waals surface area contributed by atoms with Crippen molar-refractivity contribution in [2.24, 2.45) is 0 Å². The first-order valence-corrected chi connectivity index (χ1v) is 9.82. The fraction of sp³-hybridized carbons (Fsp3) is 0.0476. The monoisotopic (exact) mass is 401 g/mol. The largest absolute Gasteiger partial charge is 0.454 e. The maximum atomic E-state index is 12.5. The van der Waals surface area contributed by atoms with E-state index >= 15 is 0 Å². The molecule has 0 fully saturated rings. The first-order valence-electron chi connectivity index (χ1n) is 8.94. The Hall–Kier alpha value is -3.78. The van der Waals surface area contributed by atoms with Gasteiger partial charge in [-0.1, -0.05) is 53.7 Å². The third kappa shape index (κ3) is 3.65. The Kier molecular flexibility index (Phi) is 4.38. The Morgan fingerprint density at radius 3 is 2.79 bits per heavy atom. The van der Waals surface area contributed by atoms with Crippen LogP contribution in [0, 0.1) is 0 Å². The molecule has 0 atom stereocenters. The molecule has 1 amide bonds. The quantitative estimate of drug-likeness (QED) is 0.470. The second-order valence-corrected chi connectivity index (χ2v) is 7.29. The number of carbonyl (C=O) groups excluding carboxylic acids is 1. The first kappa shape index (κ1) is 17.3. The van der Waals surface area contributed by atoms with Crippen molar-refractivity contribution in [3.63, 3.8) is 0 Å². The van der Waals surface area contributed by atoms with E-state index in [9.17, 15) is 4.79 Å². The number of anilines is 1. The summed E-state index contributed by atoms with van der Waals surface area (Å²) in [5.41, 5.74) is 2.80. The van der Waals surface area contributed by atoms with Crippen LogP contribution >= 0.6 is 11.3 Å². The van der Waals surface area contributed by atoms with E-state index in [1.807, 2.05) is 66.0 Å². The number of nitrogens with zero attached hydrogens (tertiary/aromatic N) is 4. The number of amides is 1. The maximum absolute atomic E-state index is 12.5. The normalized spacial score (nSPS) is 11.0. The molecule has 3 heterocycles. The molecule has 7 nitrogen and oxygen atoms in total. The number of para-hydroxylation sites is 1. The van der Waals surface area contributed by atoms with E-state index in [1.165, 1.54) is 11.3 Å². The van der Waals surface area contributed by atoms with Crippen molar-refractivity contribution in [1.82, 2.24) is 20.0 Å². The molecule has 5 aromatic rings. The number of hydrogen-bond donors (Lipinski definition) is 1. The van der Waals surface area contributed by atoms with Gasteiger partial charge in [-0.05, 0) is 17.7 Å². The molecule has 5 rings (SSSR count). The summed E-state index contributed by atoms with van der Waals surface area (Å²) in [7, 11) is 0. The SMILES string of the molecule is O=C(Nc1nc(-c2cc3ccccc3o2)cs1)c1cn(Cc2ccccc2)nn1. The van der Waals surface area contributed by atoms with Gasteiger partial charge in [-0.15, -0.1) is 16.4 Å². The van der Waals surface area contributed by atoms with Crippen molar-refractivity contribution < 1.29 is 9.21 Å². The Morgan fingerprint density at radius 2 is 1.93 bits per heavy atom. The van der Waals surface area contributed by atoms with Gasteiger partial charge in [0.2, 0.25) is 0 Å². The summed E-state index contributed by atoms with van der Waals surface area (Å²) < 4.78 is 7.45. The molecule has 29 heavy (non-hydrogen) atoms. The molecule has 0 aliphatic heterocycles. The Morgan fingerprint density at radius 1 is 1.10 bits per heavy atom. The third-order valence-electron chi connectivity index (χ3n) is 4.36. The summed E-state index contributed by atoms with van der Waals surface area (Å²) in [5, 5.41) is 14.1. The van der Waals surface area contributed by atoms with Crippen molar-refractivity contribution in [3.8, 4) is 11.5 Å². The minimum Gasteiger partial charge on any atom is -0.454 e. The number of furan rings is 1. The minimum atomic E-state index is -0.352. The van der Waals surface area contributed by atoms with Crippen molar-refractivity contribution in [2.75, 3.05) is 5.32 Å². The smallest absolute Gasteiger partial charge is 0.279 e. The van der Waals surface area contributed by atoms with Gasteiger partial charge in [0.05, 0.1) is 12.7 Å². The van der Waals surface area contributed by atoms with E-state index in [2.05, 4.69) is 20.6 Å². The molecule has 1 N–H and O–H groups in total. The van der Waals surface area contributed by atoms with Gasteiger partial charge in [0.25, 0.3) is 5.91 Å². The van der Waals surface area contributed by atoms with Crippen LogP contribution in [0.3, 0.4) is 0 Å². The molecule has 0 saturated heterocycles. The van der Waals surface area contributed by atoms with Gasteiger partial charge in [0.15, 0.2) is 16.6 Å². The topological polar surface area (TPSA) is 85.8 Å². The standard InChI is InChI=1S/C21H15N5O2S/c27-20(16-12-26(25-24-16)11-14-6-2-1-3-7-14)23-21-22-17(13-29-21)19-10-15-8-4-5-9-18(15)28-19/h1-10,12-13H,11H2,(H,22,23,27). The van der Waals surface area contributed by atoms with Gasteiger partial charge >= 0.3 is 0 Å². The molecule has 3 aromatic heterocycles. The number of benzene rings is 2. The maximum Gasteiger partial charge on any atom is 0.279 e. The van der Waals surface area contributed by atoms with Crippen molar-refractivity contribution in [3.05, 3.63) is 83.5 Å². The third-order valence-corrected chi connectivity index (χ3v) is 5.12. The van der Waals surface area contributed by atoms with Gasteiger partial charge in [-0.3, -0.25) is 10.1 Å². The first-order chi connectivity index (χ1) is 14.2. The summed E-state index contributed by atoms with van der Waals surface area (Å²) in [5.74, 6) is 0.312. The molecule has 0 aliphatic rings. The molecule has 0 radical (unpaired) electrons. The molecular formula is C21H15N5O2S. The van der Waals surface area contributed by atoms with E-state index in [0.717, 1.165) is 16.5 Å². The summed E-state index contributed by atoms with van der Waals surface area (Å²) in [4.78, 5) is 16.9. The van der Waals surface area contributed by atoms with Crippen LogP contribution in [0.15, 0.2) is 76.7 Å². The lowest BCUT2D eigenvalue weighted by molar-refractivity contribution is 0.102. The van der Waals surface area contributed by atoms with Gasteiger partial charge in [0.1, 0.15) is 11.3 Å². The van der Waals surface area contributed by atoms with Crippen molar-refractivity contribution in [2.45, 2.75) is 6.54 Å². The Bertz CT molecular complexity index is 1260. The van der Waals surface area contributed by atoms with E-state index in [1.54, 1.807) is 10.9 Å². The number of hydrogen-bond acceptors (Lipinski definition) is 6. The number of nitrogens with one attached hydrogen (secondary N) is 1. The number of thiazole rings is 1. The highest BCUT2D eigenvalue weighted by Gasteiger charge is 2.15. The van der Waals surface area contributed by atoms with Crippen LogP contribution in [0.1, 0.15) is 16.1 Å². The van der Waals surface area contributed by atoms with Crippen LogP contribution in [0.25, 0.3) is 22.4 Å². The molecule has 0 unspecified atom stereocenters. The zero-order chi connectivity index (χ0) is 19.6. The van der Waals surface area contributed by atoms with E-state index in [-0.39, 0.29) is 11.6 Å². The van der Waals surface area contributed by atoms with Crippen LogP contribution in [-0.2, 0) is 6.54 Å². The minimum absolute atomic E-state index is 0.237. The van der Waals surface area contributed by atoms with Gasteiger partial charge in [-0.25, -0.2) is 9.67 Å². The molecule has 2 aromatic carbocycles. The van der Waals surface area contributed by atoms with Crippen LogP contribution < -0.4 is 5.32 Å². The number of carbonyl (C=O) groups is 1. The molecule has 0 aliphatic carbocycles. The van der Waals surface area contributed by atoms with E-state index in [4.69, 9.17) is 4.42 Å². The van der Waals surface area contributed by atoms with Crippen LogP contribution in [0.5, 0.6) is 0 Å². The number of aromatic nitrogens is 4. The highest BCUT2D eigenvalue weighted by atomic mass is 32.1. The Labute approximate surface area is 169 Å². The lowest BCUT2D eigenvalue weighted by Crippen LogP contribution is -2.12. The second kappa shape index (κ2) is 7.33. The van der Waals surface area contributed by atoms with E-state index in [0.29, 0.717) is 23.1 Å². The highest BCUT2D eigenvalue weighted by molar-refractivity contribution is 7.14. The average molecular weight is 401 g/mol. The molecular weight excluding hydrogens is 386 g/mol. The zero-order valence-corrected chi connectivity index (χ0v) is 16.0. The highest BCUT2D eigenvalue weighted by Crippen LogP contribution is 2.30. The van der Waals surface area contributed by atoms with Crippen molar-refractivity contribution in [1.29, 1.82) is 0 Å². The van der Waals surface area contributed by atoms with Crippen LogP contribution in [0.4, 0.5) is 5.13 Å². The van der Waals surface area contributed by atoms with Crippen LogP contribution in [0.2, 0.25) is 0 Å².